The summed E-state index contributed by atoms with van der Waals surface area (Å²) < 4.78 is 29.9. The second kappa shape index (κ2) is 5.21. The van der Waals surface area contributed by atoms with Crippen molar-refractivity contribution in [2.24, 2.45) is 0 Å². The highest BCUT2D eigenvalue weighted by atomic mass is 19.3. The van der Waals surface area contributed by atoms with Gasteiger partial charge in [-0.3, -0.25) is 0 Å². The van der Waals surface area contributed by atoms with E-state index >= 15 is 0 Å². The maximum atomic E-state index is 12.6. The fourth-order valence-corrected chi connectivity index (χ4v) is 1.22. The van der Waals surface area contributed by atoms with Gasteiger partial charge in [-0.05, 0) is 13.0 Å². The van der Waals surface area contributed by atoms with E-state index in [1.807, 2.05) is 0 Å². The number of hydrogen-bond acceptors (Lipinski definition) is 5. The number of nitriles is 1. The van der Waals surface area contributed by atoms with Crippen molar-refractivity contribution in [3.05, 3.63) is 22.9 Å². The Balaban J connectivity index is 3.39. The van der Waals surface area contributed by atoms with Crippen LogP contribution in [0.1, 0.15) is 35.0 Å². The number of rotatable bonds is 3. The Morgan fingerprint density at radius 2 is 2.35 bits per heavy atom. The lowest BCUT2D eigenvalue weighted by Gasteiger charge is -2.08. The number of esters is 1. The fraction of sp³-hybridized carbons (Fsp3) is 0.300. The number of carbonyl (C=O) groups is 1. The number of nitrogens with zero attached hydrogens (tertiary/aromatic N) is 2. The first kappa shape index (κ1) is 12.8. The molecule has 0 aliphatic rings. The zero-order valence-corrected chi connectivity index (χ0v) is 8.91. The molecule has 2 N–H and O–H groups in total. The number of aromatic nitrogens is 1. The van der Waals surface area contributed by atoms with Crippen molar-refractivity contribution in [2.75, 3.05) is 12.3 Å². The van der Waals surface area contributed by atoms with Gasteiger partial charge in [-0.2, -0.15) is 5.26 Å². The van der Waals surface area contributed by atoms with Crippen LogP contribution in [0.3, 0.4) is 0 Å². The molecule has 0 amide bonds. The van der Waals surface area contributed by atoms with Crippen molar-refractivity contribution in [1.29, 1.82) is 5.26 Å². The molecule has 0 atom stereocenters. The van der Waals surface area contributed by atoms with E-state index in [1.54, 1.807) is 6.92 Å². The Hall–Kier alpha value is -2.23. The van der Waals surface area contributed by atoms with E-state index in [9.17, 15) is 13.6 Å². The van der Waals surface area contributed by atoms with Crippen LogP contribution in [0.4, 0.5) is 14.6 Å². The molecule has 5 nitrogen and oxygen atoms in total. The molecule has 0 aliphatic carbocycles. The number of hydrogen-bond donors (Lipinski definition) is 1. The molecule has 0 saturated carbocycles. The van der Waals surface area contributed by atoms with E-state index < -0.39 is 29.2 Å². The van der Waals surface area contributed by atoms with Gasteiger partial charge in [0.25, 0.3) is 6.43 Å². The zero-order chi connectivity index (χ0) is 13.0. The quantitative estimate of drug-likeness (QED) is 0.812. The highest BCUT2D eigenvalue weighted by Gasteiger charge is 2.23. The Kier molecular flexibility index (Phi) is 3.93. The molecule has 0 saturated heterocycles. The van der Waals surface area contributed by atoms with Gasteiger partial charge in [0.2, 0.25) is 0 Å². The van der Waals surface area contributed by atoms with Gasteiger partial charge >= 0.3 is 5.97 Å². The first-order valence-corrected chi connectivity index (χ1v) is 4.67. The van der Waals surface area contributed by atoms with E-state index in [0.717, 1.165) is 6.07 Å². The van der Waals surface area contributed by atoms with Crippen molar-refractivity contribution < 1.29 is 18.3 Å². The van der Waals surface area contributed by atoms with Gasteiger partial charge in [0.1, 0.15) is 11.9 Å². The average molecular weight is 241 g/mol. The summed E-state index contributed by atoms with van der Waals surface area (Å²) in [6, 6.07) is 2.38. The highest BCUT2D eigenvalue weighted by molar-refractivity contribution is 5.91. The van der Waals surface area contributed by atoms with Crippen LogP contribution < -0.4 is 5.73 Å². The third kappa shape index (κ3) is 2.66. The van der Waals surface area contributed by atoms with Crippen molar-refractivity contribution in [2.45, 2.75) is 13.3 Å². The smallest absolute Gasteiger partial charge is 0.358 e. The van der Waals surface area contributed by atoms with Gasteiger partial charge < -0.3 is 10.5 Å². The molecule has 0 aliphatic heterocycles. The predicted molar refractivity (Wildman–Crippen MR) is 54.3 cm³/mol. The molecule has 0 radical (unpaired) electrons. The topological polar surface area (TPSA) is 89.0 Å². The zero-order valence-electron chi connectivity index (χ0n) is 8.91. The molecule has 1 aromatic heterocycles. The first-order valence-electron chi connectivity index (χ1n) is 4.67. The summed E-state index contributed by atoms with van der Waals surface area (Å²) in [5.74, 6) is -1.21. The van der Waals surface area contributed by atoms with Gasteiger partial charge in [0, 0.05) is 5.56 Å². The minimum Gasteiger partial charge on any atom is -0.461 e. The Labute approximate surface area is 95.8 Å². The standard InChI is InChI=1S/C10H9F2N3O2/c1-2-17-10(16)8-6(4-13)5(9(11)12)3-7(14)15-8/h3,9H,2H2,1H3,(H2,14,15). The van der Waals surface area contributed by atoms with Crippen LogP contribution >= 0.6 is 0 Å². The molecule has 0 bridgehead atoms. The minimum absolute atomic E-state index is 0.0458. The summed E-state index contributed by atoms with van der Waals surface area (Å²) >= 11 is 0. The van der Waals surface area contributed by atoms with Crippen LogP contribution in [0.15, 0.2) is 6.07 Å². The largest absolute Gasteiger partial charge is 0.461 e. The lowest BCUT2D eigenvalue weighted by atomic mass is 10.1. The van der Waals surface area contributed by atoms with Gasteiger partial charge in [0.15, 0.2) is 5.69 Å². The number of anilines is 1. The van der Waals surface area contributed by atoms with Crippen LogP contribution in [-0.2, 0) is 4.74 Å². The number of ether oxygens (including phenoxy) is 1. The maximum Gasteiger partial charge on any atom is 0.358 e. The SMILES string of the molecule is CCOC(=O)c1nc(N)cc(C(F)F)c1C#N. The second-order valence-corrected chi connectivity index (χ2v) is 2.99. The lowest BCUT2D eigenvalue weighted by molar-refractivity contribution is 0.0518. The normalized spacial score (nSPS) is 10.1. The summed E-state index contributed by atoms with van der Waals surface area (Å²) in [6.07, 6.45) is -2.91. The summed E-state index contributed by atoms with van der Waals surface area (Å²) in [5.41, 5.74) is 3.68. The fourth-order valence-electron chi connectivity index (χ4n) is 1.22. The number of nitrogens with two attached hydrogens (primary N) is 1. The van der Waals surface area contributed by atoms with Crippen LogP contribution in [0.5, 0.6) is 0 Å². The molecule has 0 spiro atoms. The molecule has 0 aromatic carbocycles. The lowest BCUT2D eigenvalue weighted by Crippen LogP contribution is -2.13. The van der Waals surface area contributed by atoms with Gasteiger partial charge in [0.05, 0.1) is 12.2 Å². The minimum atomic E-state index is -2.91. The van der Waals surface area contributed by atoms with E-state index in [4.69, 9.17) is 11.0 Å². The Morgan fingerprint density at radius 3 is 2.82 bits per heavy atom. The Bertz CT molecular complexity index is 483. The summed E-state index contributed by atoms with van der Waals surface area (Å²) in [4.78, 5) is 15.0. The summed E-state index contributed by atoms with van der Waals surface area (Å²) in [6.45, 7) is 1.59. The van der Waals surface area contributed by atoms with E-state index in [1.165, 1.54) is 6.07 Å². The molecule has 7 heteroatoms. The molecule has 0 unspecified atom stereocenters. The molecule has 1 aromatic rings. The molecule has 17 heavy (non-hydrogen) atoms. The number of alkyl halides is 2. The van der Waals surface area contributed by atoms with Gasteiger partial charge in [-0.15, -0.1) is 0 Å². The molecule has 1 rings (SSSR count). The number of pyridine rings is 1. The average Bonchev–Trinajstić information content (AvgIpc) is 2.28. The number of nitrogen functional groups attached to an aromatic ring is 1. The molecule has 0 fully saturated rings. The number of halogens is 2. The third-order valence-corrected chi connectivity index (χ3v) is 1.89. The van der Waals surface area contributed by atoms with Gasteiger partial charge in [-0.1, -0.05) is 0 Å². The molecule has 90 valence electrons. The predicted octanol–water partition coefficient (Wildman–Crippen LogP) is 1.65. The maximum absolute atomic E-state index is 12.6. The highest BCUT2D eigenvalue weighted by Crippen LogP contribution is 2.26. The van der Waals surface area contributed by atoms with Crippen molar-refractivity contribution >= 4 is 11.8 Å². The molecular formula is C10H9F2N3O2. The first-order chi connectivity index (χ1) is 8.01. The monoisotopic (exact) mass is 241 g/mol. The van der Waals surface area contributed by atoms with E-state index in [-0.39, 0.29) is 12.4 Å². The van der Waals surface area contributed by atoms with E-state index in [2.05, 4.69) is 9.72 Å². The molecule has 1 heterocycles. The summed E-state index contributed by atoms with van der Waals surface area (Å²) in [5, 5.41) is 8.78. The molecular weight excluding hydrogens is 232 g/mol. The Morgan fingerprint density at radius 1 is 1.71 bits per heavy atom. The number of carbonyl (C=O) groups excluding carboxylic acids is 1. The van der Waals surface area contributed by atoms with Crippen LogP contribution in [0, 0.1) is 11.3 Å². The van der Waals surface area contributed by atoms with Gasteiger partial charge in [-0.25, -0.2) is 18.6 Å². The van der Waals surface area contributed by atoms with Crippen LogP contribution in [-0.4, -0.2) is 17.6 Å². The van der Waals surface area contributed by atoms with Crippen LogP contribution in [0.25, 0.3) is 0 Å². The summed E-state index contributed by atoms with van der Waals surface area (Å²) in [7, 11) is 0. The van der Waals surface area contributed by atoms with Crippen molar-refractivity contribution in [1.82, 2.24) is 4.98 Å². The van der Waals surface area contributed by atoms with Crippen molar-refractivity contribution in [3.63, 3.8) is 0 Å². The third-order valence-electron chi connectivity index (χ3n) is 1.89. The van der Waals surface area contributed by atoms with Crippen molar-refractivity contribution in [3.8, 4) is 6.07 Å². The van der Waals surface area contributed by atoms with Crippen LogP contribution in [0.2, 0.25) is 0 Å². The second-order valence-electron chi connectivity index (χ2n) is 2.99. The van der Waals surface area contributed by atoms with E-state index in [0.29, 0.717) is 0 Å².